The number of alkyl halides is 3. The van der Waals surface area contributed by atoms with Crippen molar-refractivity contribution in [3.8, 4) is 11.5 Å². The molecular weight excluding hydrogens is 459 g/mol. The molecule has 7 nitrogen and oxygen atoms in total. The Bertz CT molecular complexity index is 1390. The number of nitrogens with one attached hydrogen (secondary N) is 2. The second-order valence-electron chi connectivity index (χ2n) is 8.31. The lowest BCUT2D eigenvalue weighted by molar-refractivity contribution is -0.137. The molecule has 4 aromatic rings. The van der Waals surface area contributed by atoms with Crippen molar-refractivity contribution in [1.82, 2.24) is 15.0 Å². The number of benzene rings is 2. The molecule has 1 fully saturated rings. The first-order valence-electron chi connectivity index (χ1n) is 11.0. The normalized spacial score (nSPS) is 16.5. The SMILES string of the molecule is C=NC[C@H]1CN(c2ccc3nc(-c4cc(C(=O)c5ccccc5C(F)(F)F)c[nH]4)[nH]c3c2)CCO1. The molecule has 1 aliphatic rings. The molecule has 35 heavy (non-hydrogen) atoms. The van der Waals surface area contributed by atoms with E-state index in [1.165, 1.54) is 30.5 Å². The van der Waals surface area contributed by atoms with E-state index < -0.39 is 23.1 Å². The maximum atomic E-state index is 13.3. The molecular formula is C25H22F3N5O2. The highest BCUT2D eigenvalue weighted by Gasteiger charge is 2.35. The number of ketones is 1. The van der Waals surface area contributed by atoms with Crippen molar-refractivity contribution in [2.24, 2.45) is 4.99 Å². The van der Waals surface area contributed by atoms with Gasteiger partial charge in [0.2, 0.25) is 0 Å². The standard InChI is InChI=1S/C25H22F3N5O2/c1-29-13-17-14-33(8-9-35-17)16-6-7-20-21(11-16)32-24(31-20)22-10-15(12-30-22)23(34)18-4-2-3-5-19(18)25(26,27)28/h2-7,10-12,17,30H,1,8-9,13-14H2,(H,31,32)/t17-/m0/s1. The van der Waals surface area contributed by atoms with E-state index in [0.29, 0.717) is 31.2 Å². The molecule has 180 valence electrons. The third-order valence-corrected chi connectivity index (χ3v) is 5.98. The molecule has 3 heterocycles. The fourth-order valence-corrected chi connectivity index (χ4v) is 4.28. The number of aromatic nitrogens is 3. The Labute approximate surface area is 198 Å². The first-order chi connectivity index (χ1) is 16.8. The first kappa shape index (κ1) is 22.9. The van der Waals surface area contributed by atoms with Crippen LogP contribution in [-0.4, -0.2) is 59.8 Å². The number of carbonyl (C=O) groups excluding carboxylic acids is 1. The molecule has 2 N–H and O–H groups in total. The predicted molar refractivity (Wildman–Crippen MR) is 127 cm³/mol. The number of H-pyrrole nitrogens is 2. The van der Waals surface area contributed by atoms with E-state index in [9.17, 15) is 18.0 Å². The summed E-state index contributed by atoms with van der Waals surface area (Å²) in [5, 5.41) is 0. The summed E-state index contributed by atoms with van der Waals surface area (Å²) >= 11 is 0. The van der Waals surface area contributed by atoms with E-state index >= 15 is 0 Å². The second kappa shape index (κ2) is 9.03. The molecule has 0 bridgehead atoms. The molecule has 0 amide bonds. The van der Waals surface area contributed by atoms with Crippen LogP contribution < -0.4 is 4.90 Å². The third-order valence-electron chi connectivity index (χ3n) is 5.98. The molecule has 2 aromatic carbocycles. The minimum atomic E-state index is -4.62. The number of imidazole rings is 1. The van der Waals surface area contributed by atoms with Gasteiger partial charge in [-0.1, -0.05) is 18.2 Å². The molecule has 2 aromatic heterocycles. The van der Waals surface area contributed by atoms with Crippen molar-refractivity contribution in [2.45, 2.75) is 12.3 Å². The van der Waals surface area contributed by atoms with Gasteiger partial charge in [0.15, 0.2) is 11.6 Å². The van der Waals surface area contributed by atoms with Gasteiger partial charge in [0, 0.05) is 36.1 Å². The Kier molecular flexibility index (Phi) is 5.89. The number of carbonyl (C=O) groups is 1. The van der Waals surface area contributed by atoms with Crippen molar-refractivity contribution < 1.29 is 22.7 Å². The Hall–Kier alpha value is -3.92. The predicted octanol–water partition coefficient (Wildman–Crippen LogP) is 4.71. The summed E-state index contributed by atoms with van der Waals surface area (Å²) in [6, 6.07) is 12.1. The lowest BCUT2D eigenvalue weighted by Crippen LogP contribution is -2.43. The van der Waals surface area contributed by atoms with E-state index in [-0.39, 0.29) is 11.7 Å². The molecule has 10 heteroatoms. The van der Waals surface area contributed by atoms with Crippen LogP contribution in [0, 0.1) is 0 Å². The Balaban J connectivity index is 1.40. The van der Waals surface area contributed by atoms with E-state index in [1.54, 1.807) is 0 Å². The monoisotopic (exact) mass is 481 g/mol. The molecule has 0 saturated carbocycles. The van der Waals surface area contributed by atoms with Gasteiger partial charge < -0.3 is 19.6 Å². The van der Waals surface area contributed by atoms with Crippen molar-refractivity contribution in [1.29, 1.82) is 0 Å². The van der Waals surface area contributed by atoms with Gasteiger partial charge in [-0.05, 0) is 37.0 Å². The van der Waals surface area contributed by atoms with Gasteiger partial charge in [0.05, 0.1) is 41.5 Å². The van der Waals surface area contributed by atoms with Gasteiger partial charge in [0.1, 0.15) is 0 Å². The smallest absolute Gasteiger partial charge is 0.373 e. The van der Waals surface area contributed by atoms with Crippen LogP contribution in [0.5, 0.6) is 0 Å². The second-order valence-corrected chi connectivity index (χ2v) is 8.31. The number of rotatable bonds is 6. The lowest BCUT2D eigenvalue weighted by atomic mass is 9.99. The number of aliphatic imine (C=N–C) groups is 1. The number of morpholine rings is 1. The van der Waals surface area contributed by atoms with Crippen molar-refractivity contribution in [3.05, 3.63) is 71.4 Å². The van der Waals surface area contributed by atoms with Gasteiger partial charge in [-0.2, -0.15) is 13.2 Å². The Morgan fingerprint density at radius 3 is 2.86 bits per heavy atom. The number of fused-ring (bicyclic) bond motifs is 1. The van der Waals surface area contributed by atoms with Gasteiger partial charge in [-0.3, -0.25) is 9.79 Å². The Morgan fingerprint density at radius 1 is 1.23 bits per heavy atom. The zero-order valence-electron chi connectivity index (χ0n) is 18.6. The maximum Gasteiger partial charge on any atom is 0.417 e. The van der Waals surface area contributed by atoms with Crippen LogP contribution in [0.3, 0.4) is 0 Å². The average molecular weight is 481 g/mol. The maximum absolute atomic E-state index is 13.3. The highest BCUT2D eigenvalue weighted by molar-refractivity contribution is 6.10. The zero-order chi connectivity index (χ0) is 24.6. The van der Waals surface area contributed by atoms with Crippen LogP contribution in [0.25, 0.3) is 22.6 Å². The molecule has 5 rings (SSSR count). The molecule has 0 radical (unpaired) electrons. The van der Waals surface area contributed by atoms with Crippen molar-refractivity contribution >= 4 is 29.2 Å². The number of aromatic amines is 2. The summed E-state index contributed by atoms with van der Waals surface area (Å²) < 4.78 is 45.8. The van der Waals surface area contributed by atoms with Crippen molar-refractivity contribution in [3.63, 3.8) is 0 Å². The first-order valence-corrected chi connectivity index (χ1v) is 11.0. The summed E-state index contributed by atoms with van der Waals surface area (Å²) in [6.07, 6.45) is -3.23. The average Bonchev–Trinajstić information content (AvgIpc) is 3.50. The summed E-state index contributed by atoms with van der Waals surface area (Å²) in [5.74, 6) is -0.231. The van der Waals surface area contributed by atoms with Crippen LogP contribution in [-0.2, 0) is 10.9 Å². The lowest BCUT2D eigenvalue weighted by Gasteiger charge is -2.33. The largest absolute Gasteiger partial charge is 0.417 e. The highest BCUT2D eigenvalue weighted by Crippen LogP contribution is 2.33. The van der Waals surface area contributed by atoms with Gasteiger partial charge in [-0.25, -0.2) is 4.98 Å². The fourth-order valence-electron chi connectivity index (χ4n) is 4.28. The zero-order valence-corrected chi connectivity index (χ0v) is 18.6. The van der Waals surface area contributed by atoms with Crippen molar-refractivity contribution in [2.75, 3.05) is 31.1 Å². The number of nitrogens with zero attached hydrogens (tertiary/aromatic N) is 3. The molecule has 0 aliphatic carbocycles. The molecule has 1 aliphatic heterocycles. The summed E-state index contributed by atoms with van der Waals surface area (Å²) in [4.78, 5) is 29.7. The van der Waals surface area contributed by atoms with Gasteiger partial charge in [0.25, 0.3) is 0 Å². The van der Waals surface area contributed by atoms with Gasteiger partial charge in [-0.15, -0.1) is 0 Å². The van der Waals surface area contributed by atoms with Crippen LogP contribution >= 0.6 is 0 Å². The van der Waals surface area contributed by atoms with E-state index in [1.807, 2.05) is 18.2 Å². The number of hydrogen-bond acceptors (Lipinski definition) is 5. The molecule has 0 spiro atoms. The topological polar surface area (TPSA) is 86.4 Å². The minimum absolute atomic E-state index is 0.00775. The number of hydrogen-bond donors (Lipinski definition) is 2. The quantitative estimate of drug-likeness (QED) is 0.308. The number of anilines is 1. The minimum Gasteiger partial charge on any atom is -0.373 e. The summed E-state index contributed by atoms with van der Waals surface area (Å²) in [5.41, 5.74) is 1.80. The van der Waals surface area contributed by atoms with Crippen LogP contribution in [0.1, 0.15) is 21.5 Å². The molecule has 0 unspecified atom stereocenters. The van der Waals surface area contributed by atoms with Crippen LogP contribution in [0.4, 0.5) is 18.9 Å². The fraction of sp³-hybridized carbons (Fsp3) is 0.240. The summed E-state index contributed by atoms with van der Waals surface area (Å²) in [7, 11) is 0. The summed E-state index contributed by atoms with van der Waals surface area (Å²) in [6.45, 7) is 6.12. The van der Waals surface area contributed by atoms with E-state index in [4.69, 9.17) is 4.74 Å². The van der Waals surface area contributed by atoms with E-state index in [2.05, 4.69) is 31.6 Å². The molecule has 1 atom stereocenters. The third kappa shape index (κ3) is 4.57. The Morgan fingerprint density at radius 2 is 2.06 bits per heavy atom. The van der Waals surface area contributed by atoms with Crippen LogP contribution in [0.2, 0.25) is 0 Å². The number of ether oxygens (including phenoxy) is 1. The number of halogens is 3. The van der Waals surface area contributed by atoms with Gasteiger partial charge >= 0.3 is 6.18 Å². The van der Waals surface area contributed by atoms with E-state index in [0.717, 1.165) is 29.3 Å². The van der Waals surface area contributed by atoms with Crippen LogP contribution in [0.15, 0.2) is 59.7 Å². The molecule has 1 saturated heterocycles. The highest BCUT2D eigenvalue weighted by atomic mass is 19.4.